The summed E-state index contributed by atoms with van der Waals surface area (Å²) in [6.45, 7) is 10.3. The van der Waals surface area contributed by atoms with Gasteiger partial charge in [0.15, 0.2) is 0 Å². The maximum absolute atomic E-state index is 13.9. The Bertz CT molecular complexity index is 1000. The Labute approximate surface area is 211 Å². The number of nitrogens with one attached hydrogen (secondary N) is 1. The van der Waals surface area contributed by atoms with Gasteiger partial charge in [-0.05, 0) is 62.1 Å². The van der Waals surface area contributed by atoms with Crippen molar-refractivity contribution in [1.82, 2.24) is 5.32 Å². The molecule has 0 aromatic heterocycles. The third-order valence-electron chi connectivity index (χ3n) is 5.81. The lowest BCUT2D eigenvalue weighted by Crippen LogP contribution is -2.39. The average molecular weight is 515 g/mol. The van der Waals surface area contributed by atoms with Gasteiger partial charge in [-0.2, -0.15) is 0 Å². The van der Waals surface area contributed by atoms with Crippen molar-refractivity contribution in [3.8, 4) is 0 Å². The summed E-state index contributed by atoms with van der Waals surface area (Å²) in [5.41, 5.74) is 3.61. The summed E-state index contributed by atoms with van der Waals surface area (Å²) in [5.74, 6) is 0.0886. The van der Waals surface area contributed by atoms with Gasteiger partial charge in [0.05, 0.1) is 23.8 Å². The number of sulfonamides is 1. The molecule has 34 heavy (non-hydrogen) atoms. The molecule has 0 amide bonds. The van der Waals surface area contributed by atoms with E-state index in [1.165, 1.54) is 4.31 Å². The molecule has 5 nitrogen and oxygen atoms in total. The maximum atomic E-state index is 13.9. The molecule has 0 radical (unpaired) electrons. The van der Waals surface area contributed by atoms with E-state index < -0.39 is 16.2 Å². The number of piperidine rings is 1. The highest BCUT2D eigenvalue weighted by Crippen LogP contribution is 2.29. The molecule has 1 N–H and O–H groups in total. The molecule has 1 fully saturated rings. The number of ether oxygens (including phenoxy) is 1. The molecule has 8 heteroatoms. The molecule has 192 valence electrons. The van der Waals surface area contributed by atoms with Crippen molar-refractivity contribution in [3.63, 3.8) is 0 Å². The summed E-state index contributed by atoms with van der Waals surface area (Å²) in [6, 6.07) is 12.6. The number of aryl methyl sites for hydroxylation is 2. The van der Waals surface area contributed by atoms with E-state index in [2.05, 4.69) is 5.32 Å². The third-order valence-corrected chi connectivity index (χ3v) is 7.60. The number of alkyl halides is 1. The first-order valence-corrected chi connectivity index (χ1v) is 12.7. The van der Waals surface area contributed by atoms with Gasteiger partial charge in [-0.3, -0.25) is 4.31 Å². The smallest absolute Gasteiger partial charge is 0.264 e. The molecule has 0 saturated carbocycles. The lowest BCUT2D eigenvalue weighted by atomic mass is 9.97. The van der Waals surface area contributed by atoms with Gasteiger partial charge in [0.25, 0.3) is 10.0 Å². The minimum absolute atomic E-state index is 0. The van der Waals surface area contributed by atoms with Crippen LogP contribution >= 0.6 is 12.4 Å². The highest BCUT2D eigenvalue weighted by Gasteiger charge is 2.27. The van der Waals surface area contributed by atoms with Crippen LogP contribution in [0.4, 0.5) is 10.1 Å². The Morgan fingerprint density at radius 1 is 1.15 bits per heavy atom. The van der Waals surface area contributed by atoms with Crippen LogP contribution in [0.25, 0.3) is 0 Å². The van der Waals surface area contributed by atoms with E-state index in [0.717, 1.165) is 29.7 Å². The zero-order chi connectivity index (χ0) is 23.3. The predicted molar refractivity (Wildman–Crippen MR) is 141 cm³/mol. The number of halogens is 2. The Kier molecular flexibility index (Phi) is 12.0. The van der Waals surface area contributed by atoms with Crippen molar-refractivity contribution in [1.29, 1.82) is 0 Å². The van der Waals surface area contributed by atoms with Crippen LogP contribution in [0.15, 0.2) is 47.4 Å². The molecule has 1 heterocycles. The first kappa shape index (κ1) is 30.4. The van der Waals surface area contributed by atoms with E-state index >= 15 is 0 Å². The summed E-state index contributed by atoms with van der Waals surface area (Å²) in [5, 5.41) is 3.04. The predicted octanol–water partition coefficient (Wildman–Crippen LogP) is 5.68. The normalized spacial score (nSPS) is 18.2. The molecule has 0 bridgehead atoms. The fraction of sp³-hybridized carbons (Fsp3) is 0.538. The van der Waals surface area contributed by atoms with Gasteiger partial charge >= 0.3 is 0 Å². The van der Waals surface area contributed by atoms with E-state index in [1.54, 1.807) is 24.3 Å². The van der Waals surface area contributed by atoms with E-state index in [4.69, 9.17) is 4.74 Å². The minimum Gasteiger partial charge on any atom is -0.376 e. The Hall–Kier alpha value is -1.67. The van der Waals surface area contributed by atoms with Crippen LogP contribution in [0, 0.1) is 25.7 Å². The maximum Gasteiger partial charge on any atom is 0.264 e. The number of hydrogen-bond acceptors (Lipinski definition) is 4. The number of benzene rings is 2. The second kappa shape index (κ2) is 13.4. The quantitative estimate of drug-likeness (QED) is 0.468. The average Bonchev–Trinajstić information content (AvgIpc) is 2.74. The number of rotatable bonds is 9. The SMILES string of the molecule is C.Cc1ccc(N(CC(C)C)S(=O)(=O)c2ccc(COC[C@H]3CCNC[C@H]3F)cc2)c(C)c1.Cl. The van der Waals surface area contributed by atoms with E-state index in [0.29, 0.717) is 32.0 Å². The fourth-order valence-corrected chi connectivity index (χ4v) is 5.71. The van der Waals surface area contributed by atoms with E-state index in [9.17, 15) is 12.8 Å². The Morgan fingerprint density at radius 2 is 1.82 bits per heavy atom. The number of hydrogen-bond donors (Lipinski definition) is 1. The van der Waals surface area contributed by atoms with Gasteiger partial charge in [0, 0.05) is 19.0 Å². The minimum atomic E-state index is -3.71. The first-order chi connectivity index (χ1) is 15.2. The third kappa shape index (κ3) is 7.67. The van der Waals surface area contributed by atoms with Crippen LogP contribution in [0.3, 0.4) is 0 Å². The number of anilines is 1. The van der Waals surface area contributed by atoms with Crippen molar-refractivity contribution < 1.29 is 17.5 Å². The summed E-state index contributed by atoms with van der Waals surface area (Å²) in [7, 11) is -3.71. The molecule has 0 aliphatic carbocycles. The van der Waals surface area contributed by atoms with Crippen molar-refractivity contribution >= 4 is 28.1 Å². The fourth-order valence-electron chi connectivity index (χ4n) is 4.02. The standard InChI is InChI=1S/C25H35FN2O3S.CH4.ClH/c1-18(2)15-28(25-10-5-19(3)13-20(25)4)32(29,30)23-8-6-21(7-9-23)16-31-17-22-11-12-27-14-24(22)26;;/h5-10,13,18,22,24,27H,11-12,14-17H2,1-4H3;1H4;1H/t22-,24-;;/m1../s1. The van der Waals surface area contributed by atoms with Crippen LogP contribution in [-0.2, 0) is 21.4 Å². The summed E-state index contributed by atoms with van der Waals surface area (Å²) >= 11 is 0. The molecule has 2 aromatic rings. The lowest BCUT2D eigenvalue weighted by Gasteiger charge is -2.28. The Balaban J connectivity index is 0.00000289. The Morgan fingerprint density at radius 3 is 2.41 bits per heavy atom. The van der Waals surface area contributed by atoms with Crippen LogP contribution < -0.4 is 9.62 Å². The zero-order valence-corrected chi connectivity index (χ0v) is 21.5. The molecule has 0 spiro atoms. The molecular weight excluding hydrogens is 475 g/mol. The van der Waals surface area contributed by atoms with E-state index in [1.807, 2.05) is 45.9 Å². The molecule has 1 saturated heterocycles. The van der Waals surface area contributed by atoms with Gasteiger partial charge in [0.1, 0.15) is 6.17 Å². The highest BCUT2D eigenvalue weighted by molar-refractivity contribution is 7.92. The van der Waals surface area contributed by atoms with E-state index in [-0.39, 0.29) is 36.6 Å². The van der Waals surface area contributed by atoms with Crippen molar-refractivity contribution in [2.75, 3.05) is 30.5 Å². The van der Waals surface area contributed by atoms with Gasteiger partial charge in [-0.25, -0.2) is 12.8 Å². The first-order valence-electron chi connectivity index (χ1n) is 11.3. The van der Waals surface area contributed by atoms with Gasteiger partial charge in [-0.1, -0.05) is 51.1 Å². The van der Waals surface area contributed by atoms with Gasteiger partial charge in [0.2, 0.25) is 0 Å². The lowest BCUT2D eigenvalue weighted by molar-refractivity contribution is 0.0412. The van der Waals surface area contributed by atoms with Crippen molar-refractivity contribution in [2.45, 2.75) is 59.2 Å². The van der Waals surface area contributed by atoms with Crippen LogP contribution in [0.2, 0.25) is 0 Å². The summed E-state index contributed by atoms with van der Waals surface area (Å²) < 4.78 is 48.2. The van der Waals surface area contributed by atoms with Crippen LogP contribution in [0.1, 0.15) is 44.4 Å². The largest absolute Gasteiger partial charge is 0.376 e. The van der Waals surface area contributed by atoms with Crippen LogP contribution in [0.5, 0.6) is 0 Å². The highest BCUT2D eigenvalue weighted by atomic mass is 35.5. The second-order valence-electron chi connectivity index (χ2n) is 9.15. The zero-order valence-electron chi connectivity index (χ0n) is 19.9. The molecule has 3 rings (SSSR count). The molecular formula is C26H40ClFN2O3S. The summed E-state index contributed by atoms with van der Waals surface area (Å²) in [6.07, 6.45) is -0.115. The molecule has 1 aliphatic rings. The van der Waals surface area contributed by atoms with Crippen molar-refractivity contribution in [2.24, 2.45) is 11.8 Å². The number of nitrogens with zero attached hydrogens (tertiary/aromatic N) is 1. The monoisotopic (exact) mass is 514 g/mol. The van der Waals surface area contributed by atoms with Gasteiger partial charge in [-0.15, -0.1) is 12.4 Å². The topological polar surface area (TPSA) is 58.6 Å². The summed E-state index contributed by atoms with van der Waals surface area (Å²) in [4.78, 5) is 0.254. The van der Waals surface area contributed by atoms with Crippen molar-refractivity contribution in [3.05, 3.63) is 59.2 Å². The van der Waals surface area contributed by atoms with Crippen LogP contribution in [-0.4, -0.2) is 40.8 Å². The molecule has 2 aromatic carbocycles. The second-order valence-corrected chi connectivity index (χ2v) is 11.0. The van der Waals surface area contributed by atoms with Gasteiger partial charge < -0.3 is 10.1 Å². The molecule has 0 unspecified atom stereocenters. The molecule has 2 atom stereocenters. The molecule has 1 aliphatic heterocycles.